The molecule has 0 saturated heterocycles. The van der Waals surface area contributed by atoms with Crippen LogP contribution in [0.2, 0.25) is 5.02 Å². The zero-order chi connectivity index (χ0) is 22.2. The molecule has 31 heavy (non-hydrogen) atoms. The highest BCUT2D eigenvalue weighted by Gasteiger charge is 2.13. The van der Waals surface area contributed by atoms with Crippen molar-refractivity contribution >= 4 is 29.5 Å². The van der Waals surface area contributed by atoms with Crippen LogP contribution in [0, 0.1) is 5.82 Å². The molecule has 0 saturated carbocycles. The Morgan fingerprint density at radius 2 is 1.84 bits per heavy atom. The Bertz CT molecular complexity index is 1080. The Hall–Kier alpha value is -3.38. The van der Waals surface area contributed by atoms with E-state index < -0.39 is 11.8 Å². The topological polar surface area (TPSA) is 57.1 Å². The van der Waals surface area contributed by atoms with Crippen LogP contribution in [0.15, 0.2) is 65.7 Å². The zero-order valence-corrected chi connectivity index (χ0v) is 17.9. The molecule has 0 heterocycles. The molecule has 3 rings (SSSR count). The number of nitrogens with zero attached hydrogens (tertiary/aromatic N) is 1. The molecule has 0 aliphatic rings. The van der Waals surface area contributed by atoms with E-state index in [9.17, 15) is 9.18 Å². The van der Waals surface area contributed by atoms with Crippen molar-refractivity contribution in [2.45, 2.75) is 13.3 Å². The van der Waals surface area contributed by atoms with Crippen LogP contribution in [0.3, 0.4) is 0 Å². The van der Waals surface area contributed by atoms with Gasteiger partial charge in [-0.1, -0.05) is 18.5 Å². The number of benzene rings is 3. The summed E-state index contributed by atoms with van der Waals surface area (Å²) in [5.74, 6) is 0.333. The number of halogens is 2. The van der Waals surface area contributed by atoms with Gasteiger partial charge in [0.15, 0.2) is 11.5 Å². The molecule has 0 aliphatic carbocycles. The Labute approximate surface area is 185 Å². The second-order valence-corrected chi connectivity index (χ2v) is 6.94. The molecule has 160 valence electrons. The minimum atomic E-state index is -0.511. The van der Waals surface area contributed by atoms with Crippen LogP contribution in [0.5, 0.6) is 17.2 Å². The molecule has 0 aromatic heterocycles. The maximum atomic E-state index is 13.3. The smallest absolute Gasteiger partial charge is 0.343 e. The fourth-order valence-electron chi connectivity index (χ4n) is 2.63. The lowest BCUT2D eigenvalue weighted by molar-refractivity contribution is 0.0729. The Morgan fingerprint density at radius 1 is 1.06 bits per heavy atom. The number of methoxy groups -OCH3 is 1. The summed E-state index contributed by atoms with van der Waals surface area (Å²) in [5.41, 5.74) is 1.60. The number of aliphatic imine (C=N–C) groups is 1. The molecule has 0 unspecified atom stereocenters. The summed E-state index contributed by atoms with van der Waals surface area (Å²) in [6.07, 6.45) is 2.48. The number of hydrogen-bond acceptors (Lipinski definition) is 5. The van der Waals surface area contributed by atoms with Crippen LogP contribution in [0.4, 0.5) is 10.1 Å². The fourth-order valence-corrected chi connectivity index (χ4v) is 2.80. The number of esters is 1. The molecule has 0 fully saturated rings. The number of hydrogen-bond donors (Lipinski definition) is 0. The molecule has 0 radical (unpaired) electrons. The maximum absolute atomic E-state index is 13.3. The highest BCUT2D eigenvalue weighted by Crippen LogP contribution is 2.29. The summed E-state index contributed by atoms with van der Waals surface area (Å²) >= 11 is 5.77. The molecule has 3 aromatic carbocycles. The van der Waals surface area contributed by atoms with E-state index in [1.54, 1.807) is 48.7 Å². The van der Waals surface area contributed by atoms with E-state index in [0.29, 0.717) is 34.9 Å². The van der Waals surface area contributed by atoms with Crippen LogP contribution in [0.25, 0.3) is 0 Å². The van der Waals surface area contributed by atoms with Gasteiger partial charge < -0.3 is 14.2 Å². The molecular formula is C24H21ClFNO4. The van der Waals surface area contributed by atoms with E-state index in [4.69, 9.17) is 25.8 Å². The number of ether oxygens (including phenoxy) is 3. The predicted molar refractivity (Wildman–Crippen MR) is 119 cm³/mol. The molecule has 5 nitrogen and oxygen atoms in total. The summed E-state index contributed by atoms with van der Waals surface area (Å²) in [4.78, 5) is 16.7. The summed E-state index contributed by atoms with van der Waals surface area (Å²) in [7, 11) is 1.48. The van der Waals surface area contributed by atoms with Crippen molar-refractivity contribution in [2.75, 3.05) is 13.7 Å². The molecule has 3 aromatic rings. The van der Waals surface area contributed by atoms with Crippen LogP contribution in [0.1, 0.15) is 29.3 Å². The van der Waals surface area contributed by atoms with Crippen LogP contribution in [-0.2, 0) is 0 Å². The molecule has 0 atom stereocenters. The van der Waals surface area contributed by atoms with E-state index in [1.807, 2.05) is 6.92 Å². The van der Waals surface area contributed by atoms with Gasteiger partial charge in [0.1, 0.15) is 11.6 Å². The molecule has 0 bridgehead atoms. The molecule has 7 heteroatoms. The van der Waals surface area contributed by atoms with Crippen molar-refractivity contribution < 1.29 is 23.4 Å². The van der Waals surface area contributed by atoms with Gasteiger partial charge in [0.2, 0.25) is 0 Å². The van der Waals surface area contributed by atoms with Gasteiger partial charge in [-0.25, -0.2) is 9.18 Å². The third kappa shape index (κ3) is 6.06. The van der Waals surface area contributed by atoms with Crippen LogP contribution < -0.4 is 14.2 Å². The van der Waals surface area contributed by atoms with E-state index in [1.165, 1.54) is 25.3 Å². The lowest BCUT2D eigenvalue weighted by Crippen LogP contribution is -2.09. The van der Waals surface area contributed by atoms with Gasteiger partial charge in [-0.15, -0.1) is 0 Å². The third-order valence-corrected chi connectivity index (χ3v) is 4.51. The monoisotopic (exact) mass is 441 g/mol. The normalized spacial score (nSPS) is 10.8. The van der Waals surface area contributed by atoms with Gasteiger partial charge in [0, 0.05) is 6.21 Å². The van der Waals surface area contributed by atoms with Gasteiger partial charge in [-0.3, -0.25) is 4.99 Å². The minimum Gasteiger partial charge on any atom is -0.494 e. The average molecular weight is 442 g/mol. The van der Waals surface area contributed by atoms with Gasteiger partial charge in [0.25, 0.3) is 0 Å². The summed E-state index contributed by atoms with van der Waals surface area (Å²) in [5, 5.41) is -0.000510. The standard InChI is InChI=1S/C24H21ClFNO4/c1-3-12-30-19-8-5-17(6-9-19)24(28)31-22-11-4-16(13-23(22)29-2)15-27-18-7-10-21(26)20(25)14-18/h4-11,13-15H,3,12H2,1-2H3. The molecule has 0 N–H and O–H groups in total. The lowest BCUT2D eigenvalue weighted by atomic mass is 10.2. The van der Waals surface area contributed by atoms with Crippen molar-refractivity contribution in [3.63, 3.8) is 0 Å². The van der Waals surface area contributed by atoms with E-state index >= 15 is 0 Å². The summed E-state index contributed by atoms with van der Waals surface area (Å²) < 4.78 is 29.6. The van der Waals surface area contributed by atoms with Crippen LogP contribution in [-0.4, -0.2) is 25.9 Å². The Morgan fingerprint density at radius 3 is 2.52 bits per heavy atom. The minimum absolute atomic E-state index is 0.000510. The fraction of sp³-hybridized carbons (Fsp3) is 0.167. The van der Waals surface area contributed by atoms with Gasteiger partial charge in [0.05, 0.1) is 30.0 Å². The van der Waals surface area contributed by atoms with E-state index in [0.717, 1.165) is 6.42 Å². The lowest BCUT2D eigenvalue weighted by Gasteiger charge is -2.10. The van der Waals surface area contributed by atoms with Crippen LogP contribution >= 0.6 is 11.6 Å². The maximum Gasteiger partial charge on any atom is 0.343 e. The Kier molecular flexibility index (Phi) is 7.62. The molecule has 0 aliphatic heterocycles. The van der Waals surface area contributed by atoms with Gasteiger partial charge in [-0.2, -0.15) is 0 Å². The first-order chi connectivity index (χ1) is 15.0. The zero-order valence-electron chi connectivity index (χ0n) is 17.1. The number of carbonyl (C=O) groups excluding carboxylic acids is 1. The summed E-state index contributed by atoms with van der Waals surface area (Å²) in [6, 6.07) is 16.0. The molecule has 0 spiro atoms. The second kappa shape index (κ2) is 10.6. The van der Waals surface area contributed by atoms with E-state index in [2.05, 4.69) is 4.99 Å². The quantitative estimate of drug-likeness (QED) is 0.235. The van der Waals surface area contributed by atoms with Crippen molar-refractivity contribution in [1.29, 1.82) is 0 Å². The first-order valence-corrected chi connectivity index (χ1v) is 10.00. The van der Waals surface area contributed by atoms with Crippen molar-refractivity contribution in [3.05, 3.63) is 82.6 Å². The first kappa shape index (κ1) is 22.3. The molecular weight excluding hydrogens is 421 g/mol. The Balaban J connectivity index is 1.71. The number of carbonyl (C=O) groups is 1. The van der Waals surface area contributed by atoms with Gasteiger partial charge >= 0.3 is 5.97 Å². The highest BCUT2D eigenvalue weighted by atomic mass is 35.5. The van der Waals surface area contributed by atoms with Crippen molar-refractivity contribution in [2.24, 2.45) is 4.99 Å². The first-order valence-electron chi connectivity index (χ1n) is 9.62. The van der Waals surface area contributed by atoms with Crippen molar-refractivity contribution in [3.8, 4) is 17.2 Å². The highest BCUT2D eigenvalue weighted by molar-refractivity contribution is 6.31. The second-order valence-electron chi connectivity index (χ2n) is 6.53. The SMILES string of the molecule is CCCOc1ccc(C(=O)Oc2ccc(C=Nc3ccc(F)c(Cl)c3)cc2OC)cc1. The van der Waals surface area contributed by atoms with Crippen molar-refractivity contribution in [1.82, 2.24) is 0 Å². The summed E-state index contributed by atoms with van der Waals surface area (Å²) in [6.45, 7) is 2.64. The van der Waals surface area contributed by atoms with E-state index in [-0.39, 0.29) is 10.8 Å². The average Bonchev–Trinajstić information content (AvgIpc) is 2.79. The predicted octanol–water partition coefficient (Wildman–Crippen LogP) is 6.25. The largest absolute Gasteiger partial charge is 0.494 e. The van der Waals surface area contributed by atoms with Gasteiger partial charge in [-0.05, 0) is 72.6 Å². The molecule has 0 amide bonds. The third-order valence-electron chi connectivity index (χ3n) is 4.22. The number of rotatable bonds is 8.